The molecule has 6 heteroatoms. The minimum atomic E-state index is -0.582. The molecule has 0 amide bonds. The molecule has 0 spiro atoms. The lowest BCUT2D eigenvalue weighted by Gasteiger charge is -2.42. The smallest absolute Gasteiger partial charge is 0.194 e. The number of hydrogen-bond donors (Lipinski definition) is 4. The molecule has 4 aromatic carbocycles. The van der Waals surface area contributed by atoms with Crippen molar-refractivity contribution in [2.45, 2.75) is 96.2 Å². The molecule has 6 nitrogen and oxygen atoms in total. The minimum absolute atomic E-state index is 0.0525. The topological polar surface area (TPSA) is 80.9 Å². The second kappa shape index (κ2) is 22.5. The van der Waals surface area contributed by atoms with Crippen molar-refractivity contribution >= 4 is 0 Å². The number of unbranched alkanes of at least 4 members (excludes halogenated alkanes) is 8. The molecule has 0 aromatic heterocycles. The zero-order valence-electron chi connectivity index (χ0n) is 30.8. The average Bonchev–Trinajstić information content (AvgIpc) is 3.15. The Hall–Kier alpha value is -3.36. The Morgan fingerprint density at radius 3 is 0.922 bits per heavy atom. The molecule has 4 rings (SSSR count). The SMILES string of the molecule is OCC[N+](CCCCCCCCCCC[N+](CCO)(Cc1ccccc1)C(O)Cc1ccccc1)(Cc1ccccc1)C(O)Cc1ccccc1. The molecular formula is C45H64N2O4+2. The van der Waals surface area contributed by atoms with Gasteiger partial charge in [-0.2, -0.15) is 0 Å². The Morgan fingerprint density at radius 2 is 0.627 bits per heavy atom. The van der Waals surface area contributed by atoms with Crippen LogP contribution in [0.4, 0.5) is 0 Å². The van der Waals surface area contributed by atoms with Gasteiger partial charge in [-0.1, -0.05) is 153 Å². The highest BCUT2D eigenvalue weighted by molar-refractivity contribution is 5.17. The molecule has 4 atom stereocenters. The molecular weight excluding hydrogens is 633 g/mol. The lowest BCUT2D eigenvalue weighted by Crippen LogP contribution is -2.57. The van der Waals surface area contributed by atoms with Crippen molar-refractivity contribution in [3.63, 3.8) is 0 Å². The number of benzene rings is 4. The van der Waals surface area contributed by atoms with Crippen LogP contribution >= 0.6 is 0 Å². The van der Waals surface area contributed by atoms with E-state index in [0.717, 1.165) is 49.9 Å². The maximum Gasteiger partial charge on any atom is 0.194 e. The molecule has 0 fully saturated rings. The van der Waals surface area contributed by atoms with E-state index in [1.807, 2.05) is 48.5 Å². The summed E-state index contributed by atoms with van der Waals surface area (Å²) >= 11 is 0. The van der Waals surface area contributed by atoms with Crippen LogP contribution in [0.2, 0.25) is 0 Å². The summed E-state index contributed by atoms with van der Waals surface area (Å²) in [5, 5.41) is 43.5. The van der Waals surface area contributed by atoms with Crippen LogP contribution in [0.1, 0.15) is 80.0 Å². The summed E-state index contributed by atoms with van der Waals surface area (Å²) in [6.45, 7) is 4.29. The van der Waals surface area contributed by atoms with Gasteiger partial charge in [-0.05, 0) is 36.8 Å². The first kappa shape index (κ1) is 40.4. The number of nitrogens with zero attached hydrogens (tertiary/aromatic N) is 2. The third kappa shape index (κ3) is 13.6. The molecule has 0 radical (unpaired) electrons. The van der Waals surface area contributed by atoms with Gasteiger partial charge in [-0.25, -0.2) is 0 Å². The molecule has 0 saturated heterocycles. The van der Waals surface area contributed by atoms with E-state index in [4.69, 9.17) is 0 Å². The Labute approximate surface area is 307 Å². The fourth-order valence-electron chi connectivity index (χ4n) is 7.77. The zero-order valence-corrected chi connectivity index (χ0v) is 30.8. The summed E-state index contributed by atoms with van der Waals surface area (Å²) in [5.74, 6) is 0. The maximum atomic E-state index is 11.6. The Morgan fingerprint density at radius 1 is 0.353 bits per heavy atom. The van der Waals surface area contributed by atoms with E-state index in [-0.39, 0.29) is 13.2 Å². The molecule has 276 valence electrons. The second-order valence-corrected chi connectivity index (χ2v) is 14.6. The largest absolute Gasteiger partial charge is 0.391 e. The fourth-order valence-corrected chi connectivity index (χ4v) is 7.77. The number of aliphatic hydroxyl groups is 4. The first-order valence-electron chi connectivity index (χ1n) is 19.4. The first-order valence-corrected chi connectivity index (χ1v) is 19.4. The summed E-state index contributed by atoms with van der Waals surface area (Å²) < 4.78 is 0.964. The zero-order chi connectivity index (χ0) is 36.0. The van der Waals surface area contributed by atoms with Crippen molar-refractivity contribution in [2.75, 3.05) is 39.4 Å². The predicted octanol–water partition coefficient (Wildman–Crippen LogP) is 7.64. The second-order valence-electron chi connectivity index (χ2n) is 14.6. The molecule has 0 heterocycles. The van der Waals surface area contributed by atoms with Crippen molar-refractivity contribution in [3.05, 3.63) is 144 Å². The molecule has 0 saturated carbocycles. The molecule has 4 N–H and O–H groups in total. The average molecular weight is 697 g/mol. The molecule has 4 aromatic rings. The van der Waals surface area contributed by atoms with Crippen LogP contribution < -0.4 is 0 Å². The normalized spacial score (nSPS) is 15.1. The molecule has 0 bridgehead atoms. The van der Waals surface area contributed by atoms with Crippen LogP contribution in [0.15, 0.2) is 121 Å². The molecule has 0 aliphatic carbocycles. The Balaban J connectivity index is 1.22. The lowest BCUT2D eigenvalue weighted by atomic mass is 10.0. The van der Waals surface area contributed by atoms with Gasteiger partial charge in [0.15, 0.2) is 12.5 Å². The van der Waals surface area contributed by atoms with Crippen LogP contribution in [0.3, 0.4) is 0 Å². The summed E-state index contributed by atoms with van der Waals surface area (Å²) in [6.07, 6.45) is 10.3. The molecule has 51 heavy (non-hydrogen) atoms. The number of hydrogen-bond acceptors (Lipinski definition) is 4. The third-order valence-corrected chi connectivity index (χ3v) is 10.8. The highest BCUT2D eigenvalue weighted by Crippen LogP contribution is 2.25. The van der Waals surface area contributed by atoms with Crippen LogP contribution in [-0.2, 0) is 25.9 Å². The molecule has 0 aliphatic rings. The van der Waals surface area contributed by atoms with Gasteiger partial charge >= 0.3 is 0 Å². The van der Waals surface area contributed by atoms with Crippen molar-refractivity contribution in [2.24, 2.45) is 0 Å². The Kier molecular flexibility index (Phi) is 17.9. The number of rotatable bonds is 26. The highest BCUT2D eigenvalue weighted by atomic mass is 16.3. The fraction of sp³-hybridized carbons (Fsp3) is 0.467. The predicted molar refractivity (Wildman–Crippen MR) is 208 cm³/mol. The maximum absolute atomic E-state index is 11.6. The minimum Gasteiger partial charge on any atom is -0.391 e. The molecule has 4 unspecified atom stereocenters. The van der Waals surface area contributed by atoms with E-state index >= 15 is 0 Å². The van der Waals surface area contributed by atoms with Gasteiger partial charge in [0, 0.05) is 11.1 Å². The van der Waals surface area contributed by atoms with Gasteiger partial charge in [0.1, 0.15) is 26.2 Å². The number of aliphatic hydroxyl groups excluding tert-OH is 4. The van der Waals surface area contributed by atoms with Crippen LogP contribution in [0, 0.1) is 0 Å². The highest BCUT2D eigenvalue weighted by Gasteiger charge is 2.36. The van der Waals surface area contributed by atoms with Gasteiger partial charge in [0.25, 0.3) is 0 Å². The van der Waals surface area contributed by atoms with E-state index in [9.17, 15) is 20.4 Å². The van der Waals surface area contributed by atoms with Crippen LogP contribution in [0.5, 0.6) is 0 Å². The third-order valence-electron chi connectivity index (χ3n) is 10.8. The van der Waals surface area contributed by atoms with Gasteiger partial charge < -0.3 is 20.4 Å². The van der Waals surface area contributed by atoms with Crippen molar-refractivity contribution < 1.29 is 29.4 Å². The van der Waals surface area contributed by atoms with Gasteiger partial charge in [-0.15, -0.1) is 0 Å². The number of quaternary nitrogens is 2. The standard InChI is InChI=1S/C45H64N2O4/c48-34-32-46(38-42-26-16-10-17-27-42,44(50)36-40-22-12-8-13-23-40)30-20-6-4-2-1-3-5-7-21-31-47(33-35-49,39-43-28-18-11-19-29-43)45(51)37-41-24-14-9-15-25-41/h8-19,22-29,44-45,48-51H,1-7,20-21,30-39H2/q+2. The first-order chi connectivity index (χ1) is 25.0. The summed E-state index contributed by atoms with van der Waals surface area (Å²) in [4.78, 5) is 0. The summed E-state index contributed by atoms with van der Waals surface area (Å²) in [6, 6.07) is 41.2. The van der Waals surface area contributed by atoms with E-state index in [0.29, 0.717) is 48.0 Å². The Bertz CT molecular complexity index is 1330. The van der Waals surface area contributed by atoms with Crippen molar-refractivity contribution in [1.29, 1.82) is 0 Å². The van der Waals surface area contributed by atoms with Gasteiger partial charge in [-0.3, -0.25) is 8.97 Å². The van der Waals surface area contributed by atoms with E-state index in [1.165, 1.54) is 43.2 Å². The van der Waals surface area contributed by atoms with Crippen LogP contribution in [0.25, 0.3) is 0 Å². The van der Waals surface area contributed by atoms with E-state index < -0.39 is 12.5 Å². The monoisotopic (exact) mass is 696 g/mol. The van der Waals surface area contributed by atoms with Crippen LogP contribution in [-0.4, -0.2) is 81.2 Å². The molecule has 0 aliphatic heterocycles. The lowest BCUT2D eigenvalue weighted by molar-refractivity contribution is -0.983. The summed E-state index contributed by atoms with van der Waals surface area (Å²) in [5.41, 5.74) is 4.62. The van der Waals surface area contributed by atoms with Crippen molar-refractivity contribution in [1.82, 2.24) is 0 Å². The van der Waals surface area contributed by atoms with E-state index in [1.54, 1.807) is 0 Å². The van der Waals surface area contributed by atoms with Crippen molar-refractivity contribution in [3.8, 4) is 0 Å². The van der Waals surface area contributed by atoms with Gasteiger partial charge in [0.05, 0.1) is 39.1 Å². The van der Waals surface area contributed by atoms with E-state index in [2.05, 4.69) is 72.8 Å². The summed E-state index contributed by atoms with van der Waals surface area (Å²) in [7, 11) is 0. The van der Waals surface area contributed by atoms with Gasteiger partial charge in [0.2, 0.25) is 0 Å². The quantitative estimate of drug-likeness (QED) is 0.0309.